The summed E-state index contributed by atoms with van der Waals surface area (Å²) in [6.07, 6.45) is 3.70. The van der Waals surface area contributed by atoms with Crippen LogP contribution in [0.2, 0.25) is 0 Å². The first kappa shape index (κ1) is 34.6. The maximum absolute atomic E-state index is 3.70. The van der Waals surface area contributed by atoms with Gasteiger partial charge in [-0.3, -0.25) is 0 Å². The third-order valence-electron chi connectivity index (χ3n) is 5.27. The van der Waals surface area contributed by atoms with Crippen molar-refractivity contribution >= 4 is 61.2 Å². The molecule has 5 aromatic rings. The normalized spacial score (nSPS) is 10.7. The van der Waals surface area contributed by atoms with Crippen LogP contribution < -0.4 is 48.0 Å². The Balaban J connectivity index is 0.000000711. The monoisotopic (exact) mass is 934 g/mol. The van der Waals surface area contributed by atoms with E-state index in [1.807, 2.05) is 36.4 Å². The summed E-state index contributed by atoms with van der Waals surface area (Å²) in [5.74, 6) is 0. The Bertz CT molecular complexity index is 1330. The third-order valence-corrected chi connectivity index (χ3v) is 6.43. The van der Waals surface area contributed by atoms with Gasteiger partial charge in [0.05, 0.1) is 0 Å². The van der Waals surface area contributed by atoms with Gasteiger partial charge in [-0.2, -0.15) is 0 Å². The number of allylic oxidation sites excluding steroid dienone is 2. The summed E-state index contributed by atoms with van der Waals surface area (Å²) < 4.78 is 1.21. The molecule has 38 heavy (non-hydrogen) atoms. The van der Waals surface area contributed by atoms with Crippen LogP contribution in [-0.2, 0) is 0 Å². The molecule has 0 nitrogen and oxygen atoms in total. The van der Waals surface area contributed by atoms with E-state index >= 15 is 0 Å². The maximum atomic E-state index is 3.70. The van der Waals surface area contributed by atoms with Gasteiger partial charge < -0.3 is 48.0 Å². The fourth-order valence-electron chi connectivity index (χ4n) is 3.61. The largest absolute Gasteiger partial charge is 2.00 e. The van der Waals surface area contributed by atoms with Crippen molar-refractivity contribution in [2.75, 3.05) is 0 Å². The zero-order valence-corrected chi connectivity index (χ0v) is 29.9. The van der Waals surface area contributed by atoms with Gasteiger partial charge in [-0.25, -0.2) is 0 Å². The molecule has 0 heterocycles. The average Bonchev–Trinajstić information content (AvgIpc) is 2.96. The number of benzene rings is 5. The minimum absolute atomic E-state index is 0. The second-order valence-electron chi connectivity index (χ2n) is 7.73. The van der Waals surface area contributed by atoms with Gasteiger partial charge in [0.2, 0.25) is 0 Å². The topological polar surface area (TPSA) is 0 Å². The molecule has 0 unspecified atom stereocenters. The van der Waals surface area contributed by atoms with Crippen LogP contribution in [0.1, 0.15) is 22.3 Å². The van der Waals surface area contributed by atoms with Gasteiger partial charge in [-0.15, -0.1) is 0 Å². The number of halogens is 3. The molecule has 0 saturated heterocycles. The van der Waals surface area contributed by atoms with E-state index in [0.717, 1.165) is 16.7 Å². The molecular formula is C34H25I3Sn. The molecule has 0 aliphatic rings. The van der Waals surface area contributed by atoms with E-state index in [9.17, 15) is 0 Å². The standard InChI is InChI=1S/C28H20I.C6H5.2HI.Sn/c29-28(25-19-11-4-12-20-25)27(24-17-9-3-10-18-24)26(23-15-7-2-8-16-23)21-22-13-5-1-6-14-22;1-2-4-6-5-3-1;;;/h1-20H;1-5H;2*1H;/q;;;;+2/p-2/b26-21?,28-27-;;;;. The molecule has 0 N–H and O–H groups in total. The van der Waals surface area contributed by atoms with E-state index in [-0.39, 0.29) is 71.9 Å². The number of hydrogen-bond donors (Lipinski definition) is 0. The Labute approximate surface area is 291 Å². The van der Waals surface area contributed by atoms with Crippen molar-refractivity contribution in [2.24, 2.45) is 0 Å². The minimum Gasteiger partial charge on any atom is -1.00 e. The van der Waals surface area contributed by atoms with Crippen molar-refractivity contribution < 1.29 is 48.0 Å². The summed E-state index contributed by atoms with van der Waals surface area (Å²) in [5, 5.41) is 0. The van der Waals surface area contributed by atoms with Crippen LogP contribution in [-0.4, -0.2) is 23.9 Å². The Kier molecular flexibility index (Phi) is 17.8. The summed E-state index contributed by atoms with van der Waals surface area (Å²) >= 11 is 2.48. The summed E-state index contributed by atoms with van der Waals surface area (Å²) in [5.41, 5.74) is 6.89. The molecule has 4 heteroatoms. The quantitative estimate of drug-likeness (QED) is 0.110. The van der Waals surface area contributed by atoms with E-state index in [0.29, 0.717) is 0 Å². The summed E-state index contributed by atoms with van der Waals surface area (Å²) in [7, 11) is 0. The van der Waals surface area contributed by atoms with E-state index in [2.05, 4.69) is 150 Å². The second-order valence-corrected chi connectivity index (χ2v) is 8.81. The first-order valence-electron chi connectivity index (χ1n) is 11.5. The van der Waals surface area contributed by atoms with Gasteiger partial charge in [0, 0.05) is 9.15 Å². The van der Waals surface area contributed by atoms with Crippen LogP contribution in [0, 0.1) is 12.1 Å². The number of hydrogen-bond acceptors (Lipinski definition) is 0. The van der Waals surface area contributed by atoms with Crippen LogP contribution in [0.3, 0.4) is 0 Å². The molecule has 0 spiro atoms. The van der Waals surface area contributed by atoms with Crippen LogP contribution in [0.4, 0.5) is 0 Å². The molecule has 0 aromatic heterocycles. The predicted molar refractivity (Wildman–Crippen MR) is 163 cm³/mol. The smallest absolute Gasteiger partial charge is 1.00 e. The van der Waals surface area contributed by atoms with E-state index in [1.165, 1.54) is 20.3 Å². The Hall–Kier alpha value is -1.43. The van der Waals surface area contributed by atoms with Gasteiger partial charge in [-0.1, -0.05) is 152 Å². The zero-order chi connectivity index (χ0) is 24.1. The SMILES string of the molecule is I/C(=C(\C(=[C]c1ccccc1)c1ccccc1)c1ccccc1)c1ccccc1.[I-].[I-].[Sn+2].[c]1ccccc1. The van der Waals surface area contributed by atoms with Crippen LogP contribution in [0.5, 0.6) is 0 Å². The minimum atomic E-state index is 0. The molecule has 5 aromatic carbocycles. The third kappa shape index (κ3) is 10.6. The Morgan fingerprint density at radius 1 is 0.500 bits per heavy atom. The first-order valence-corrected chi connectivity index (χ1v) is 12.6. The predicted octanol–water partition coefficient (Wildman–Crippen LogP) is 3.04. The molecule has 0 amide bonds. The summed E-state index contributed by atoms with van der Waals surface area (Å²) in [6.45, 7) is 0. The average molecular weight is 933 g/mol. The van der Waals surface area contributed by atoms with E-state index in [4.69, 9.17) is 0 Å². The molecule has 0 atom stereocenters. The van der Waals surface area contributed by atoms with Crippen molar-refractivity contribution in [1.29, 1.82) is 0 Å². The maximum Gasteiger partial charge on any atom is 2.00 e. The second kappa shape index (κ2) is 19.6. The van der Waals surface area contributed by atoms with Gasteiger partial charge >= 0.3 is 23.9 Å². The van der Waals surface area contributed by atoms with Crippen molar-refractivity contribution in [3.63, 3.8) is 0 Å². The number of rotatable bonds is 5. The van der Waals surface area contributed by atoms with Gasteiger partial charge in [0.1, 0.15) is 0 Å². The van der Waals surface area contributed by atoms with Gasteiger partial charge in [0.25, 0.3) is 0 Å². The molecule has 0 aliphatic carbocycles. The molecule has 0 fully saturated rings. The van der Waals surface area contributed by atoms with Crippen molar-refractivity contribution in [1.82, 2.24) is 0 Å². The molecule has 0 bridgehead atoms. The summed E-state index contributed by atoms with van der Waals surface area (Å²) in [6, 6.07) is 54.5. The van der Waals surface area contributed by atoms with Gasteiger partial charge in [0.15, 0.2) is 0 Å². The molecule has 0 aliphatic heterocycles. The Morgan fingerprint density at radius 2 is 0.895 bits per heavy atom. The van der Waals surface area contributed by atoms with Crippen molar-refractivity contribution in [3.05, 3.63) is 186 Å². The molecule has 0 saturated carbocycles. The van der Waals surface area contributed by atoms with Crippen LogP contribution >= 0.6 is 22.6 Å². The first-order chi connectivity index (χ1) is 17.3. The summed E-state index contributed by atoms with van der Waals surface area (Å²) in [4.78, 5) is 0. The fourth-order valence-corrected chi connectivity index (χ4v) is 4.55. The van der Waals surface area contributed by atoms with E-state index < -0.39 is 0 Å². The molecule has 5 rings (SSSR count). The van der Waals surface area contributed by atoms with Gasteiger partial charge in [-0.05, 0) is 62.6 Å². The van der Waals surface area contributed by atoms with Crippen LogP contribution in [0.25, 0.3) is 14.7 Å². The van der Waals surface area contributed by atoms with E-state index in [1.54, 1.807) is 0 Å². The van der Waals surface area contributed by atoms with Crippen LogP contribution in [0.15, 0.2) is 152 Å². The molecule has 186 valence electrons. The van der Waals surface area contributed by atoms with Crippen molar-refractivity contribution in [2.45, 2.75) is 0 Å². The zero-order valence-electron chi connectivity index (χ0n) is 20.6. The Morgan fingerprint density at radius 3 is 1.32 bits per heavy atom. The fraction of sp³-hybridized carbons (Fsp3) is 0. The molecular weight excluding hydrogens is 908 g/mol. The molecule has 4 radical (unpaired) electrons. The van der Waals surface area contributed by atoms with Crippen molar-refractivity contribution in [3.8, 4) is 0 Å².